The quantitative estimate of drug-likeness (QED) is 0.617. The Balaban J connectivity index is 3.53. The monoisotopic (exact) mass is 199 g/mol. The lowest BCUT2D eigenvalue weighted by Crippen LogP contribution is -2.33. The largest absolute Gasteiger partial charge is 0.383 e. The summed E-state index contributed by atoms with van der Waals surface area (Å²) >= 11 is 0. The molecule has 0 fully saturated rings. The fourth-order valence-electron chi connectivity index (χ4n) is 1.17. The Morgan fingerprint density at radius 1 is 1.50 bits per heavy atom. The van der Waals surface area contributed by atoms with Crippen LogP contribution in [0.3, 0.4) is 0 Å². The Morgan fingerprint density at radius 2 is 2.21 bits per heavy atom. The van der Waals surface area contributed by atoms with Crippen molar-refractivity contribution in [2.75, 3.05) is 40.4 Å². The SMILES string of the molecule is CCNC(C#N)CCN(C)CCOC. The molecule has 0 radical (unpaired) electrons. The van der Waals surface area contributed by atoms with Gasteiger partial charge in [-0.05, 0) is 20.0 Å². The molecule has 0 rings (SSSR count). The van der Waals surface area contributed by atoms with Crippen molar-refractivity contribution in [3.8, 4) is 6.07 Å². The van der Waals surface area contributed by atoms with Gasteiger partial charge in [0.1, 0.15) is 0 Å². The third kappa shape index (κ3) is 6.84. The van der Waals surface area contributed by atoms with Gasteiger partial charge in [0, 0.05) is 20.2 Å². The Labute approximate surface area is 86.8 Å². The van der Waals surface area contributed by atoms with Gasteiger partial charge in [-0.15, -0.1) is 0 Å². The second-order valence-electron chi connectivity index (χ2n) is 3.32. The van der Waals surface area contributed by atoms with Crippen LogP contribution in [0, 0.1) is 11.3 Å². The molecule has 4 nitrogen and oxygen atoms in total. The molecular weight excluding hydrogens is 178 g/mol. The summed E-state index contributed by atoms with van der Waals surface area (Å²) in [5, 5.41) is 11.9. The van der Waals surface area contributed by atoms with Crippen molar-refractivity contribution in [3.63, 3.8) is 0 Å². The van der Waals surface area contributed by atoms with Crippen LogP contribution >= 0.6 is 0 Å². The van der Waals surface area contributed by atoms with Gasteiger partial charge in [0.2, 0.25) is 0 Å². The van der Waals surface area contributed by atoms with Crippen LogP contribution < -0.4 is 5.32 Å². The number of nitrogens with one attached hydrogen (secondary N) is 1. The first-order valence-corrected chi connectivity index (χ1v) is 5.05. The van der Waals surface area contributed by atoms with Crippen LogP contribution in [0.4, 0.5) is 0 Å². The highest BCUT2D eigenvalue weighted by molar-refractivity contribution is 4.89. The lowest BCUT2D eigenvalue weighted by atomic mass is 10.2. The van der Waals surface area contributed by atoms with E-state index < -0.39 is 0 Å². The molecule has 0 saturated heterocycles. The van der Waals surface area contributed by atoms with Gasteiger partial charge in [-0.3, -0.25) is 0 Å². The van der Waals surface area contributed by atoms with Crippen LogP contribution in [0.25, 0.3) is 0 Å². The predicted octanol–water partition coefficient (Wildman–Crippen LogP) is 0.456. The fourth-order valence-corrected chi connectivity index (χ4v) is 1.17. The minimum Gasteiger partial charge on any atom is -0.383 e. The van der Waals surface area contributed by atoms with Crippen molar-refractivity contribution in [3.05, 3.63) is 0 Å². The zero-order valence-corrected chi connectivity index (χ0v) is 9.42. The van der Waals surface area contributed by atoms with Crippen molar-refractivity contribution >= 4 is 0 Å². The molecule has 14 heavy (non-hydrogen) atoms. The first-order chi connectivity index (χ1) is 6.74. The van der Waals surface area contributed by atoms with Crippen molar-refractivity contribution in [1.82, 2.24) is 10.2 Å². The molecule has 0 spiro atoms. The van der Waals surface area contributed by atoms with E-state index in [9.17, 15) is 0 Å². The van der Waals surface area contributed by atoms with Crippen molar-refractivity contribution < 1.29 is 4.74 Å². The Kier molecular flexibility index (Phi) is 8.54. The van der Waals surface area contributed by atoms with E-state index >= 15 is 0 Å². The minimum absolute atomic E-state index is 0.0232. The number of ether oxygens (including phenoxy) is 1. The van der Waals surface area contributed by atoms with Crippen LogP contribution in [0.2, 0.25) is 0 Å². The Bertz CT molecular complexity index is 167. The van der Waals surface area contributed by atoms with E-state index in [1.165, 1.54) is 0 Å². The normalized spacial score (nSPS) is 12.8. The summed E-state index contributed by atoms with van der Waals surface area (Å²) in [6.07, 6.45) is 0.866. The molecule has 0 bridgehead atoms. The van der Waals surface area contributed by atoms with Gasteiger partial charge in [0.15, 0.2) is 0 Å². The molecule has 1 atom stereocenters. The number of hydrogen-bond donors (Lipinski definition) is 1. The molecule has 82 valence electrons. The third-order valence-corrected chi connectivity index (χ3v) is 2.08. The molecular formula is C10H21N3O. The van der Waals surface area contributed by atoms with Crippen LogP contribution in [-0.4, -0.2) is 51.3 Å². The van der Waals surface area contributed by atoms with Crippen LogP contribution in [0.5, 0.6) is 0 Å². The molecule has 0 aliphatic carbocycles. The van der Waals surface area contributed by atoms with Crippen LogP contribution in [0.1, 0.15) is 13.3 Å². The van der Waals surface area contributed by atoms with Crippen LogP contribution in [-0.2, 0) is 4.74 Å². The molecule has 1 N–H and O–H groups in total. The average molecular weight is 199 g/mol. The number of methoxy groups -OCH3 is 1. The second-order valence-corrected chi connectivity index (χ2v) is 3.32. The molecule has 0 amide bonds. The zero-order valence-electron chi connectivity index (χ0n) is 9.42. The molecule has 4 heteroatoms. The number of nitrogens with zero attached hydrogens (tertiary/aromatic N) is 2. The van der Waals surface area contributed by atoms with Gasteiger partial charge in [-0.2, -0.15) is 5.26 Å². The Morgan fingerprint density at radius 3 is 2.71 bits per heavy atom. The first-order valence-electron chi connectivity index (χ1n) is 5.05. The second kappa shape index (κ2) is 8.95. The van der Waals surface area contributed by atoms with Gasteiger partial charge in [-0.25, -0.2) is 0 Å². The summed E-state index contributed by atoms with van der Waals surface area (Å²) in [7, 11) is 3.74. The van der Waals surface area contributed by atoms with E-state index in [1.807, 2.05) is 14.0 Å². The van der Waals surface area contributed by atoms with Crippen molar-refractivity contribution in [2.24, 2.45) is 0 Å². The maximum Gasteiger partial charge on any atom is 0.0965 e. The number of nitriles is 1. The van der Waals surface area contributed by atoms with E-state index in [2.05, 4.69) is 16.3 Å². The zero-order chi connectivity index (χ0) is 10.8. The van der Waals surface area contributed by atoms with E-state index in [4.69, 9.17) is 10.00 Å². The number of rotatable bonds is 8. The van der Waals surface area contributed by atoms with Gasteiger partial charge in [-0.1, -0.05) is 6.92 Å². The van der Waals surface area contributed by atoms with E-state index in [-0.39, 0.29) is 6.04 Å². The highest BCUT2D eigenvalue weighted by Gasteiger charge is 2.06. The smallest absolute Gasteiger partial charge is 0.0965 e. The van der Waals surface area contributed by atoms with E-state index in [1.54, 1.807) is 7.11 Å². The molecule has 1 unspecified atom stereocenters. The topological polar surface area (TPSA) is 48.3 Å². The summed E-state index contributed by atoms with van der Waals surface area (Å²) in [4.78, 5) is 2.17. The minimum atomic E-state index is -0.0232. The predicted molar refractivity (Wildman–Crippen MR) is 57.1 cm³/mol. The van der Waals surface area contributed by atoms with Crippen molar-refractivity contribution in [1.29, 1.82) is 5.26 Å². The highest BCUT2D eigenvalue weighted by Crippen LogP contribution is 1.93. The van der Waals surface area contributed by atoms with Gasteiger partial charge in [0.25, 0.3) is 0 Å². The summed E-state index contributed by atoms with van der Waals surface area (Å²) < 4.78 is 4.97. The fraction of sp³-hybridized carbons (Fsp3) is 0.900. The molecule has 0 aliphatic rings. The average Bonchev–Trinajstić information content (AvgIpc) is 2.21. The lowest BCUT2D eigenvalue weighted by molar-refractivity contribution is 0.160. The van der Waals surface area contributed by atoms with E-state index in [0.717, 1.165) is 32.7 Å². The van der Waals surface area contributed by atoms with Gasteiger partial charge >= 0.3 is 0 Å². The summed E-state index contributed by atoms with van der Waals surface area (Å²) in [5.74, 6) is 0. The van der Waals surface area contributed by atoms with Crippen LogP contribution in [0.15, 0.2) is 0 Å². The van der Waals surface area contributed by atoms with E-state index in [0.29, 0.717) is 0 Å². The summed E-state index contributed by atoms with van der Waals surface area (Å²) in [6.45, 7) is 5.45. The molecule has 0 heterocycles. The van der Waals surface area contributed by atoms with Gasteiger partial charge < -0.3 is 15.0 Å². The maximum absolute atomic E-state index is 8.79. The highest BCUT2D eigenvalue weighted by atomic mass is 16.5. The standard InChI is InChI=1S/C10H21N3O/c1-4-12-10(9-11)5-6-13(2)7-8-14-3/h10,12H,4-8H2,1-3H3. The molecule has 0 aliphatic heterocycles. The molecule has 0 aromatic carbocycles. The first kappa shape index (κ1) is 13.4. The Hall–Kier alpha value is -0.630. The van der Waals surface area contributed by atoms with Gasteiger partial charge in [0.05, 0.1) is 18.7 Å². The lowest BCUT2D eigenvalue weighted by Gasteiger charge is -2.17. The molecule has 0 saturated carbocycles. The molecule has 0 aromatic rings. The number of hydrogen-bond acceptors (Lipinski definition) is 4. The maximum atomic E-state index is 8.79. The number of likely N-dealkylation sites (N-methyl/N-ethyl adjacent to an activating group) is 1. The van der Waals surface area contributed by atoms with Crippen molar-refractivity contribution in [2.45, 2.75) is 19.4 Å². The third-order valence-electron chi connectivity index (χ3n) is 2.08. The summed E-state index contributed by atoms with van der Waals surface area (Å²) in [6, 6.07) is 2.22. The summed E-state index contributed by atoms with van der Waals surface area (Å²) in [5.41, 5.74) is 0. The molecule has 0 aromatic heterocycles.